The van der Waals surface area contributed by atoms with Gasteiger partial charge < -0.3 is 5.11 Å². The van der Waals surface area contributed by atoms with E-state index in [2.05, 4.69) is 38.1 Å². The maximum absolute atomic E-state index is 16.7. The maximum atomic E-state index is 16.7. The van der Waals surface area contributed by atoms with Crippen LogP contribution in [0.4, 0.5) is 4.39 Å². The summed E-state index contributed by atoms with van der Waals surface area (Å²) >= 11 is 0. The molecule has 0 saturated heterocycles. The molecule has 2 fully saturated rings. The first-order chi connectivity index (χ1) is 17.5. The Bertz CT molecular complexity index is 774. The molecule has 4 unspecified atom stereocenters. The van der Waals surface area contributed by atoms with Crippen LogP contribution in [-0.4, -0.2) is 17.2 Å². The molecule has 0 aliphatic heterocycles. The summed E-state index contributed by atoms with van der Waals surface area (Å²) in [4.78, 5) is 13.4. The van der Waals surface area contributed by atoms with Gasteiger partial charge >= 0.3 is 5.97 Å². The van der Waals surface area contributed by atoms with E-state index in [1.165, 1.54) is 56.9 Å². The monoisotopic (exact) mass is 500 g/mol. The molecule has 204 valence electrons. The zero-order chi connectivity index (χ0) is 25.9. The highest BCUT2D eigenvalue weighted by molar-refractivity contribution is 5.78. The van der Waals surface area contributed by atoms with Crippen molar-refractivity contribution in [1.82, 2.24) is 0 Å². The molecule has 3 rings (SSSR count). The van der Waals surface area contributed by atoms with Crippen LogP contribution < -0.4 is 0 Å². The molecule has 0 heterocycles. The lowest BCUT2D eigenvalue weighted by Gasteiger charge is -2.52. The highest BCUT2D eigenvalue weighted by Gasteiger charge is 2.60. The van der Waals surface area contributed by atoms with Crippen LogP contribution in [0, 0.1) is 11.3 Å². The molecule has 2 nitrogen and oxygen atoms in total. The molecular formula is C33H53FO2. The minimum Gasteiger partial charge on any atom is -0.481 e. The Morgan fingerprint density at radius 2 is 1.50 bits per heavy atom. The van der Waals surface area contributed by atoms with Crippen LogP contribution in [0.25, 0.3) is 0 Å². The Labute approximate surface area is 220 Å². The van der Waals surface area contributed by atoms with Gasteiger partial charge in [0.05, 0.1) is 5.41 Å². The molecule has 1 aromatic rings. The van der Waals surface area contributed by atoms with Gasteiger partial charge in [-0.3, -0.25) is 4.79 Å². The van der Waals surface area contributed by atoms with Crippen molar-refractivity contribution < 1.29 is 14.3 Å². The van der Waals surface area contributed by atoms with Crippen LogP contribution in [-0.2, 0) is 16.6 Å². The number of carbonyl (C=O) groups is 1. The fourth-order valence-electron chi connectivity index (χ4n) is 7.57. The lowest BCUT2D eigenvalue weighted by molar-refractivity contribution is -0.161. The number of aliphatic carboxylic acids is 1. The summed E-state index contributed by atoms with van der Waals surface area (Å²) < 4.78 is 16.7. The van der Waals surface area contributed by atoms with Gasteiger partial charge in [0.15, 0.2) is 0 Å². The van der Waals surface area contributed by atoms with Crippen LogP contribution in [0.2, 0.25) is 0 Å². The molecular weight excluding hydrogens is 447 g/mol. The van der Waals surface area contributed by atoms with Gasteiger partial charge in [0.25, 0.3) is 0 Å². The number of aryl methyl sites for hydroxylation is 1. The molecule has 1 aromatic carbocycles. The summed E-state index contributed by atoms with van der Waals surface area (Å²) in [6.07, 6.45) is 18.9. The third kappa shape index (κ3) is 6.73. The van der Waals surface area contributed by atoms with Crippen molar-refractivity contribution in [2.45, 2.75) is 154 Å². The predicted octanol–water partition coefficient (Wildman–Crippen LogP) is 9.97. The molecule has 0 radical (unpaired) electrons. The topological polar surface area (TPSA) is 37.3 Å². The summed E-state index contributed by atoms with van der Waals surface area (Å²) in [5, 5.41) is 11.0. The predicted molar refractivity (Wildman–Crippen MR) is 149 cm³/mol. The van der Waals surface area contributed by atoms with Gasteiger partial charge in [0.2, 0.25) is 0 Å². The minimum atomic E-state index is -1.10. The van der Waals surface area contributed by atoms with E-state index in [1.54, 1.807) is 0 Å². The average Bonchev–Trinajstić information content (AvgIpc) is 2.85. The lowest BCUT2D eigenvalue weighted by Crippen LogP contribution is -2.57. The number of unbranched alkanes of at least 4 members (excludes halogenated alkanes) is 4. The van der Waals surface area contributed by atoms with E-state index in [4.69, 9.17) is 0 Å². The summed E-state index contributed by atoms with van der Waals surface area (Å²) in [7, 11) is 0. The van der Waals surface area contributed by atoms with Gasteiger partial charge in [0.1, 0.15) is 6.17 Å². The van der Waals surface area contributed by atoms with E-state index in [0.29, 0.717) is 31.6 Å². The Morgan fingerprint density at radius 3 is 2.22 bits per heavy atom. The SMILES string of the molecule is CCCCCc1ccc(C2(C3(C(=O)O)CCCCC(CCCCC)CC3)CCCCCCC2F)cc1. The second kappa shape index (κ2) is 14.5. The number of rotatable bonds is 11. The van der Waals surface area contributed by atoms with E-state index in [0.717, 1.165) is 56.9 Å². The molecule has 0 bridgehead atoms. The van der Waals surface area contributed by atoms with Gasteiger partial charge in [-0.05, 0) is 62.0 Å². The van der Waals surface area contributed by atoms with Gasteiger partial charge in [-0.2, -0.15) is 0 Å². The van der Waals surface area contributed by atoms with Gasteiger partial charge in [-0.25, -0.2) is 4.39 Å². The van der Waals surface area contributed by atoms with Crippen LogP contribution in [0.5, 0.6) is 0 Å². The summed E-state index contributed by atoms with van der Waals surface area (Å²) in [5.41, 5.74) is 0.312. The largest absolute Gasteiger partial charge is 0.481 e. The van der Waals surface area contributed by atoms with E-state index in [1.807, 2.05) is 0 Å². The van der Waals surface area contributed by atoms with E-state index < -0.39 is 23.0 Å². The van der Waals surface area contributed by atoms with Gasteiger partial charge in [0, 0.05) is 5.41 Å². The zero-order valence-electron chi connectivity index (χ0n) is 23.3. The lowest BCUT2D eigenvalue weighted by atomic mass is 9.50. The third-order valence-corrected chi connectivity index (χ3v) is 9.78. The van der Waals surface area contributed by atoms with Crippen molar-refractivity contribution in [2.75, 3.05) is 0 Å². The number of hydrogen-bond donors (Lipinski definition) is 1. The number of halogens is 1. The molecule has 0 amide bonds. The highest BCUT2D eigenvalue weighted by atomic mass is 19.1. The quantitative estimate of drug-likeness (QED) is 0.307. The average molecular weight is 501 g/mol. The van der Waals surface area contributed by atoms with Crippen molar-refractivity contribution in [3.8, 4) is 0 Å². The van der Waals surface area contributed by atoms with Gasteiger partial charge in [-0.15, -0.1) is 0 Å². The molecule has 4 atom stereocenters. The second-order valence-electron chi connectivity index (χ2n) is 12.1. The normalized spacial score (nSPS) is 30.1. The summed E-state index contributed by atoms with van der Waals surface area (Å²) in [6.45, 7) is 4.46. The number of carboxylic acids is 1. The number of benzene rings is 1. The number of alkyl halides is 1. The van der Waals surface area contributed by atoms with Crippen LogP contribution in [0.3, 0.4) is 0 Å². The van der Waals surface area contributed by atoms with Crippen molar-refractivity contribution in [2.24, 2.45) is 11.3 Å². The van der Waals surface area contributed by atoms with E-state index >= 15 is 4.39 Å². The van der Waals surface area contributed by atoms with E-state index in [-0.39, 0.29) is 0 Å². The molecule has 2 aliphatic rings. The molecule has 2 saturated carbocycles. The van der Waals surface area contributed by atoms with Crippen LogP contribution in [0.1, 0.15) is 147 Å². The second-order valence-corrected chi connectivity index (χ2v) is 12.1. The first-order valence-electron chi connectivity index (χ1n) is 15.5. The van der Waals surface area contributed by atoms with Crippen LogP contribution >= 0.6 is 0 Å². The Hall–Kier alpha value is -1.38. The van der Waals surface area contributed by atoms with E-state index in [9.17, 15) is 9.90 Å². The molecule has 1 N–H and O–H groups in total. The molecule has 36 heavy (non-hydrogen) atoms. The Morgan fingerprint density at radius 1 is 0.833 bits per heavy atom. The van der Waals surface area contributed by atoms with Crippen molar-refractivity contribution in [3.63, 3.8) is 0 Å². The smallest absolute Gasteiger partial charge is 0.310 e. The first kappa shape index (κ1) is 29.2. The number of hydrogen-bond acceptors (Lipinski definition) is 1. The first-order valence-corrected chi connectivity index (χ1v) is 15.5. The number of carboxylic acid groups (broad SMARTS) is 1. The molecule has 0 spiro atoms. The Kier molecular flexibility index (Phi) is 11.8. The Balaban J connectivity index is 2.01. The standard InChI is InChI=1S/C33H53FO2/c1-3-5-9-15-27-17-12-14-24-32(26-23-27,31(35)36)33(25-13-8-7-11-18-30(33)34)29-21-19-28(20-22-29)16-10-6-4-2/h19-22,27,30H,3-18,23-26H2,1-2H3,(H,35,36). The maximum Gasteiger partial charge on any atom is 0.310 e. The zero-order valence-corrected chi connectivity index (χ0v) is 23.3. The summed E-state index contributed by atoms with van der Waals surface area (Å²) in [6, 6.07) is 8.59. The van der Waals surface area contributed by atoms with Crippen molar-refractivity contribution in [1.29, 1.82) is 0 Å². The minimum absolute atomic E-state index is 0.493. The van der Waals surface area contributed by atoms with Crippen molar-refractivity contribution >= 4 is 5.97 Å². The molecule has 3 heteroatoms. The highest BCUT2D eigenvalue weighted by Crippen LogP contribution is 2.58. The fourth-order valence-corrected chi connectivity index (χ4v) is 7.57. The summed E-state index contributed by atoms with van der Waals surface area (Å²) in [5.74, 6) is -0.160. The molecule has 2 aliphatic carbocycles. The van der Waals surface area contributed by atoms with Gasteiger partial charge in [-0.1, -0.05) is 122 Å². The fraction of sp³-hybridized carbons (Fsp3) is 0.788. The van der Waals surface area contributed by atoms with Crippen LogP contribution in [0.15, 0.2) is 24.3 Å². The molecule has 0 aromatic heterocycles. The third-order valence-electron chi connectivity index (χ3n) is 9.78. The van der Waals surface area contributed by atoms with Crippen molar-refractivity contribution in [3.05, 3.63) is 35.4 Å².